The number of pyridine rings is 1. The number of carbonyl (C=O) groups excluding carboxylic acids is 1. The molecule has 0 N–H and O–H groups in total. The number of aromatic nitrogens is 2. The van der Waals surface area contributed by atoms with E-state index < -0.39 is 0 Å². The molecule has 4 aromatic rings. The predicted octanol–water partition coefficient (Wildman–Crippen LogP) is 5.59. The minimum Gasteiger partial charge on any atom is -0.487 e. The number of hydrogen-bond acceptors (Lipinski definition) is 3. The van der Waals surface area contributed by atoms with E-state index in [1.54, 1.807) is 22.9 Å². The van der Waals surface area contributed by atoms with Crippen LogP contribution in [0.5, 0.6) is 5.75 Å². The molecule has 0 amide bonds. The number of fused-ring (bicyclic) bond motifs is 4. The molecule has 0 bridgehead atoms. The normalized spacial score (nSPS) is 12.3. The fraction of sp³-hybridized carbons (Fsp3) is 0.0476. The molecule has 1 aliphatic rings. The second-order valence-electron chi connectivity index (χ2n) is 6.29. The molecule has 0 radical (unpaired) electrons. The van der Waals surface area contributed by atoms with Crippen molar-refractivity contribution in [2.24, 2.45) is 0 Å². The van der Waals surface area contributed by atoms with E-state index in [2.05, 4.69) is 4.98 Å². The van der Waals surface area contributed by atoms with Gasteiger partial charge in [0, 0.05) is 11.2 Å². The monoisotopic (exact) mass is 394 g/mol. The summed E-state index contributed by atoms with van der Waals surface area (Å²) < 4.78 is 7.72. The zero-order chi connectivity index (χ0) is 18.5. The lowest BCUT2D eigenvalue weighted by atomic mass is 10.1. The second kappa shape index (κ2) is 6.12. The van der Waals surface area contributed by atoms with Gasteiger partial charge in [0.1, 0.15) is 23.6 Å². The topological polar surface area (TPSA) is 44.1 Å². The van der Waals surface area contributed by atoms with E-state index in [-0.39, 0.29) is 12.5 Å². The Morgan fingerprint density at radius 3 is 2.74 bits per heavy atom. The maximum Gasteiger partial charge on any atom is 0.268 e. The lowest BCUT2D eigenvalue weighted by Crippen LogP contribution is -2.08. The molecule has 2 aromatic heterocycles. The van der Waals surface area contributed by atoms with E-state index in [1.165, 1.54) is 0 Å². The number of benzene rings is 2. The van der Waals surface area contributed by atoms with Crippen LogP contribution in [0, 0.1) is 0 Å². The SMILES string of the molecule is O=C1c2c(nc3cccc(Cl)c3c2OCc2cccc(Cl)c2)-c2cccn21. The van der Waals surface area contributed by atoms with Crippen molar-refractivity contribution in [1.29, 1.82) is 0 Å². The zero-order valence-corrected chi connectivity index (χ0v) is 15.5. The van der Waals surface area contributed by atoms with Gasteiger partial charge in [-0.3, -0.25) is 9.36 Å². The highest BCUT2D eigenvalue weighted by molar-refractivity contribution is 6.36. The third kappa shape index (κ3) is 2.52. The number of ether oxygens (including phenoxy) is 1. The molecule has 27 heavy (non-hydrogen) atoms. The molecular weight excluding hydrogens is 383 g/mol. The highest BCUT2D eigenvalue weighted by atomic mass is 35.5. The van der Waals surface area contributed by atoms with Gasteiger partial charge in [0.25, 0.3) is 5.91 Å². The molecule has 0 spiro atoms. The highest BCUT2D eigenvalue weighted by Crippen LogP contribution is 2.43. The highest BCUT2D eigenvalue weighted by Gasteiger charge is 2.33. The van der Waals surface area contributed by atoms with E-state index in [0.29, 0.717) is 38.0 Å². The molecule has 1 aliphatic heterocycles. The van der Waals surface area contributed by atoms with Crippen molar-refractivity contribution in [3.05, 3.63) is 82.0 Å². The van der Waals surface area contributed by atoms with Gasteiger partial charge in [-0.1, -0.05) is 41.4 Å². The average Bonchev–Trinajstić information content (AvgIpc) is 3.23. The molecule has 0 atom stereocenters. The lowest BCUT2D eigenvalue weighted by molar-refractivity contribution is 0.0965. The zero-order valence-electron chi connectivity index (χ0n) is 13.9. The fourth-order valence-corrected chi connectivity index (χ4v) is 3.89. The van der Waals surface area contributed by atoms with Gasteiger partial charge in [-0.15, -0.1) is 0 Å². The Labute approximate surface area is 164 Å². The molecule has 0 aliphatic carbocycles. The number of rotatable bonds is 3. The van der Waals surface area contributed by atoms with Gasteiger partial charge in [-0.25, -0.2) is 4.98 Å². The molecule has 3 heterocycles. The number of nitrogens with zero attached hydrogens (tertiary/aromatic N) is 2. The van der Waals surface area contributed by atoms with Gasteiger partial charge in [0.2, 0.25) is 0 Å². The summed E-state index contributed by atoms with van der Waals surface area (Å²) in [6, 6.07) is 16.6. The minimum atomic E-state index is -0.166. The molecule has 0 saturated carbocycles. The Morgan fingerprint density at radius 1 is 1.04 bits per heavy atom. The van der Waals surface area contributed by atoms with Gasteiger partial charge >= 0.3 is 0 Å². The molecule has 2 aromatic carbocycles. The smallest absolute Gasteiger partial charge is 0.268 e. The first-order valence-corrected chi connectivity index (χ1v) is 9.11. The molecule has 0 saturated heterocycles. The van der Waals surface area contributed by atoms with Crippen LogP contribution in [0.3, 0.4) is 0 Å². The summed E-state index contributed by atoms with van der Waals surface area (Å²) in [4.78, 5) is 17.7. The van der Waals surface area contributed by atoms with Crippen LogP contribution in [0.2, 0.25) is 10.0 Å². The first-order chi connectivity index (χ1) is 13.1. The fourth-order valence-electron chi connectivity index (χ4n) is 3.42. The summed E-state index contributed by atoms with van der Waals surface area (Å²) in [7, 11) is 0. The van der Waals surface area contributed by atoms with Crippen LogP contribution < -0.4 is 4.74 Å². The predicted molar refractivity (Wildman–Crippen MR) is 106 cm³/mol. The minimum absolute atomic E-state index is 0.166. The van der Waals surface area contributed by atoms with Crippen molar-refractivity contribution < 1.29 is 9.53 Å². The summed E-state index contributed by atoms with van der Waals surface area (Å²) in [6.45, 7) is 0.263. The summed E-state index contributed by atoms with van der Waals surface area (Å²) >= 11 is 12.5. The Bertz CT molecular complexity index is 1230. The molecule has 0 fully saturated rings. The van der Waals surface area contributed by atoms with Crippen molar-refractivity contribution >= 4 is 40.0 Å². The van der Waals surface area contributed by atoms with Crippen LogP contribution in [-0.2, 0) is 6.61 Å². The average molecular weight is 395 g/mol. The summed E-state index contributed by atoms with van der Waals surface area (Å²) in [5.41, 5.74) is 3.39. The van der Waals surface area contributed by atoms with Crippen molar-refractivity contribution in [3.63, 3.8) is 0 Å². The van der Waals surface area contributed by atoms with E-state index in [1.807, 2.05) is 42.5 Å². The van der Waals surface area contributed by atoms with Crippen molar-refractivity contribution in [3.8, 4) is 17.1 Å². The standard InChI is InChI=1S/C21H12Cl2N2O2/c22-13-5-1-4-12(10-13)11-27-20-17-14(23)6-2-7-15(17)24-19-16-8-3-9-25(16)21(26)18(19)20/h1-10H,11H2. The van der Waals surface area contributed by atoms with Crippen LogP contribution in [0.25, 0.3) is 22.3 Å². The van der Waals surface area contributed by atoms with Crippen LogP contribution in [0.4, 0.5) is 0 Å². The number of hydrogen-bond donors (Lipinski definition) is 0. The molecule has 132 valence electrons. The van der Waals surface area contributed by atoms with Gasteiger partial charge in [-0.2, -0.15) is 0 Å². The Morgan fingerprint density at radius 2 is 1.89 bits per heavy atom. The van der Waals surface area contributed by atoms with Crippen LogP contribution in [-0.4, -0.2) is 15.5 Å². The third-order valence-electron chi connectivity index (χ3n) is 4.61. The van der Waals surface area contributed by atoms with E-state index in [0.717, 1.165) is 11.3 Å². The van der Waals surface area contributed by atoms with Gasteiger partial charge in [0.15, 0.2) is 0 Å². The Hall–Kier alpha value is -2.82. The van der Waals surface area contributed by atoms with Crippen LogP contribution >= 0.6 is 23.2 Å². The quantitative estimate of drug-likeness (QED) is 0.400. The molecular formula is C21H12Cl2N2O2. The van der Waals surface area contributed by atoms with Crippen molar-refractivity contribution in [2.45, 2.75) is 6.61 Å². The molecule has 6 heteroatoms. The maximum absolute atomic E-state index is 13.0. The Balaban J connectivity index is 1.71. The van der Waals surface area contributed by atoms with E-state index in [4.69, 9.17) is 27.9 Å². The van der Waals surface area contributed by atoms with Crippen LogP contribution in [0.15, 0.2) is 60.8 Å². The van der Waals surface area contributed by atoms with E-state index >= 15 is 0 Å². The first kappa shape index (κ1) is 16.4. The van der Waals surface area contributed by atoms with Crippen molar-refractivity contribution in [1.82, 2.24) is 9.55 Å². The summed E-state index contributed by atoms with van der Waals surface area (Å²) in [5.74, 6) is 0.287. The first-order valence-electron chi connectivity index (χ1n) is 8.35. The second-order valence-corrected chi connectivity index (χ2v) is 7.13. The van der Waals surface area contributed by atoms with Crippen LogP contribution in [0.1, 0.15) is 15.9 Å². The van der Waals surface area contributed by atoms with Gasteiger partial charge in [-0.05, 0) is 42.0 Å². The van der Waals surface area contributed by atoms with Crippen molar-refractivity contribution in [2.75, 3.05) is 0 Å². The molecule has 4 nitrogen and oxygen atoms in total. The summed E-state index contributed by atoms with van der Waals surface area (Å²) in [6.07, 6.45) is 1.73. The largest absolute Gasteiger partial charge is 0.487 e. The number of carbonyl (C=O) groups is 1. The lowest BCUT2D eigenvalue weighted by Gasteiger charge is -2.14. The third-order valence-corrected chi connectivity index (χ3v) is 5.16. The number of halogens is 2. The maximum atomic E-state index is 13.0. The van der Waals surface area contributed by atoms with Gasteiger partial charge in [0.05, 0.1) is 21.6 Å². The molecule has 5 rings (SSSR count). The summed E-state index contributed by atoms with van der Waals surface area (Å²) in [5, 5.41) is 1.76. The van der Waals surface area contributed by atoms with Gasteiger partial charge < -0.3 is 4.74 Å². The molecule has 0 unspecified atom stereocenters. The Kier molecular flexibility index (Phi) is 3.71. The van der Waals surface area contributed by atoms with E-state index in [9.17, 15) is 4.79 Å².